The molecule has 0 aliphatic heterocycles. The fourth-order valence-corrected chi connectivity index (χ4v) is 6.86. The number of allylic oxidation sites excluding steroid dienone is 5. The third kappa shape index (κ3) is 2.74. The molecule has 6 heteroatoms. The topological polar surface area (TPSA) is 80.7 Å². The largest absolute Gasteiger partial charge is 0.450 e. The number of Topliss-reactive ketones (excluding diaryl/α,β-unsaturated/α-hetero) is 1. The first-order valence-electron chi connectivity index (χ1n) is 10.8. The first-order valence-corrected chi connectivity index (χ1v) is 11.3. The zero-order valence-corrected chi connectivity index (χ0v) is 18.6. The predicted molar refractivity (Wildman–Crippen MR) is 113 cm³/mol. The average molecular weight is 433 g/mol. The van der Waals surface area contributed by atoms with E-state index in [0.29, 0.717) is 19.3 Å². The number of alkyl halides is 1. The quantitative estimate of drug-likeness (QED) is 0.415. The minimum atomic E-state index is -1.30. The Morgan fingerprint density at radius 3 is 2.70 bits per heavy atom. The molecule has 0 heterocycles. The minimum absolute atomic E-state index is 0.0132. The Balaban J connectivity index is 1.84. The molecular weight excluding hydrogens is 404 g/mol. The van der Waals surface area contributed by atoms with E-state index in [2.05, 4.69) is 6.92 Å². The van der Waals surface area contributed by atoms with Gasteiger partial charge in [-0.15, -0.1) is 11.6 Å². The standard InChI is InChI=1S/C24H29ClO5/c1-4-20(29)30-24(19(28)13-25)10-8-17-16-6-5-14-11-15(26)7-9-22(14,2)21(16)18(27)12-23(17,24)3/h7,9,11,17-18,27H,4-6,8,10,12-13H2,1-3H3/t17-,18-,22-,23-,24-/m0/s1. The number of ketones is 2. The molecule has 1 saturated carbocycles. The Kier molecular flexibility index (Phi) is 5.14. The molecule has 30 heavy (non-hydrogen) atoms. The summed E-state index contributed by atoms with van der Waals surface area (Å²) in [6.07, 6.45) is 7.52. The Bertz CT molecular complexity index is 915. The van der Waals surface area contributed by atoms with Gasteiger partial charge in [0.05, 0.1) is 12.0 Å². The van der Waals surface area contributed by atoms with Gasteiger partial charge >= 0.3 is 5.97 Å². The summed E-state index contributed by atoms with van der Waals surface area (Å²) in [5.41, 5.74) is 0.656. The second-order valence-electron chi connectivity index (χ2n) is 9.49. The van der Waals surface area contributed by atoms with Crippen LogP contribution >= 0.6 is 11.6 Å². The number of hydrogen-bond acceptors (Lipinski definition) is 5. The van der Waals surface area contributed by atoms with Crippen molar-refractivity contribution in [2.75, 3.05) is 5.88 Å². The maximum atomic E-state index is 13.1. The van der Waals surface area contributed by atoms with Crippen molar-refractivity contribution in [3.05, 3.63) is 34.9 Å². The SMILES string of the molecule is CCC(=O)O[C@]1(C(=O)CCl)CC[C@H]2C3=C([C@@H](O)C[C@@]21C)[C@@]1(C)C=CC(=O)C=C1CC3. The van der Waals surface area contributed by atoms with Crippen LogP contribution in [-0.4, -0.2) is 40.2 Å². The normalized spacial score (nSPS) is 39.8. The van der Waals surface area contributed by atoms with Crippen LogP contribution in [0.4, 0.5) is 0 Å². The van der Waals surface area contributed by atoms with Gasteiger partial charge in [-0.3, -0.25) is 14.4 Å². The van der Waals surface area contributed by atoms with E-state index in [1.165, 1.54) is 0 Å². The molecule has 1 fully saturated rings. The summed E-state index contributed by atoms with van der Waals surface area (Å²) in [6, 6.07) is 0. The molecule has 0 spiro atoms. The lowest BCUT2D eigenvalue weighted by atomic mass is 9.52. The number of fused-ring (bicyclic) bond motifs is 4. The highest BCUT2D eigenvalue weighted by atomic mass is 35.5. The molecule has 5 atom stereocenters. The zero-order valence-electron chi connectivity index (χ0n) is 17.8. The molecule has 5 nitrogen and oxygen atoms in total. The van der Waals surface area contributed by atoms with Crippen LogP contribution in [-0.2, 0) is 19.1 Å². The number of aliphatic hydroxyl groups is 1. The number of carbonyl (C=O) groups is 3. The van der Waals surface area contributed by atoms with Crippen LogP contribution in [0, 0.1) is 16.7 Å². The monoisotopic (exact) mass is 432 g/mol. The van der Waals surface area contributed by atoms with Gasteiger partial charge in [0.2, 0.25) is 0 Å². The van der Waals surface area contributed by atoms with E-state index < -0.39 is 28.5 Å². The van der Waals surface area contributed by atoms with E-state index in [4.69, 9.17) is 16.3 Å². The molecule has 0 radical (unpaired) electrons. The summed E-state index contributed by atoms with van der Waals surface area (Å²) >= 11 is 5.98. The number of carbonyl (C=O) groups excluding carboxylic acids is 3. The molecule has 0 bridgehead atoms. The number of rotatable bonds is 4. The summed E-state index contributed by atoms with van der Waals surface area (Å²) < 4.78 is 5.87. The van der Waals surface area contributed by atoms with Crippen molar-refractivity contribution in [3.8, 4) is 0 Å². The molecule has 0 aromatic carbocycles. The number of esters is 1. The van der Waals surface area contributed by atoms with E-state index in [9.17, 15) is 19.5 Å². The van der Waals surface area contributed by atoms with Gasteiger partial charge in [0.25, 0.3) is 0 Å². The van der Waals surface area contributed by atoms with Gasteiger partial charge in [0.1, 0.15) is 0 Å². The highest BCUT2D eigenvalue weighted by Crippen LogP contribution is 2.65. The summed E-state index contributed by atoms with van der Waals surface area (Å²) in [4.78, 5) is 37.3. The lowest BCUT2D eigenvalue weighted by Gasteiger charge is -2.53. The summed E-state index contributed by atoms with van der Waals surface area (Å²) in [6.45, 7) is 5.74. The number of aliphatic hydroxyl groups excluding tert-OH is 1. The molecule has 0 saturated heterocycles. The van der Waals surface area contributed by atoms with E-state index in [0.717, 1.165) is 29.6 Å². The van der Waals surface area contributed by atoms with Gasteiger partial charge in [-0.1, -0.05) is 31.1 Å². The number of hydrogen-bond donors (Lipinski definition) is 1. The van der Waals surface area contributed by atoms with Crippen LogP contribution in [0.15, 0.2) is 34.9 Å². The third-order valence-electron chi connectivity index (χ3n) is 8.13. The molecule has 0 unspecified atom stereocenters. The Morgan fingerprint density at radius 2 is 2.03 bits per heavy atom. The van der Waals surface area contributed by atoms with Crippen LogP contribution < -0.4 is 0 Å². The van der Waals surface area contributed by atoms with Gasteiger partial charge in [-0.25, -0.2) is 0 Å². The minimum Gasteiger partial charge on any atom is -0.450 e. The van der Waals surface area contributed by atoms with Crippen LogP contribution in [0.3, 0.4) is 0 Å². The molecule has 0 amide bonds. The van der Waals surface area contributed by atoms with E-state index in [1.807, 2.05) is 13.0 Å². The molecule has 4 aliphatic rings. The second kappa shape index (κ2) is 7.16. The fourth-order valence-electron chi connectivity index (χ4n) is 6.64. The predicted octanol–water partition coefficient (Wildman–Crippen LogP) is 3.83. The van der Waals surface area contributed by atoms with Crippen LogP contribution in [0.25, 0.3) is 0 Å². The number of halogens is 1. The van der Waals surface area contributed by atoms with Crippen molar-refractivity contribution in [2.24, 2.45) is 16.7 Å². The Labute approximate surface area is 182 Å². The van der Waals surface area contributed by atoms with Crippen molar-refractivity contribution in [1.29, 1.82) is 0 Å². The average Bonchev–Trinajstić information content (AvgIpc) is 3.00. The van der Waals surface area contributed by atoms with Gasteiger partial charge in [-0.05, 0) is 62.7 Å². The summed E-state index contributed by atoms with van der Waals surface area (Å²) in [7, 11) is 0. The maximum absolute atomic E-state index is 13.1. The molecule has 0 aromatic heterocycles. The lowest BCUT2D eigenvalue weighted by molar-refractivity contribution is -0.183. The highest BCUT2D eigenvalue weighted by Gasteiger charge is 2.67. The maximum Gasteiger partial charge on any atom is 0.306 e. The molecule has 1 N–H and O–H groups in total. The van der Waals surface area contributed by atoms with Gasteiger partial charge < -0.3 is 9.84 Å². The zero-order chi connectivity index (χ0) is 21.9. The van der Waals surface area contributed by atoms with Crippen molar-refractivity contribution in [2.45, 2.75) is 71.0 Å². The van der Waals surface area contributed by atoms with Crippen molar-refractivity contribution >= 4 is 29.1 Å². The summed E-state index contributed by atoms with van der Waals surface area (Å²) in [5.74, 6) is -0.911. The molecule has 4 rings (SSSR count). The van der Waals surface area contributed by atoms with Gasteiger partial charge in [0.15, 0.2) is 17.2 Å². The first-order chi connectivity index (χ1) is 14.1. The Morgan fingerprint density at radius 1 is 1.30 bits per heavy atom. The first kappa shape index (κ1) is 21.5. The van der Waals surface area contributed by atoms with Crippen molar-refractivity contribution < 1.29 is 24.2 Å². The molecular formula is C24H29ClO5. The van der Waals surface area contributed by atoms with Crippen LogP contribution in [0.1, 0.15) is 59.3 Å². The van der Waals surface area contributed by atoms with E-state index in [1.54, 1.807) is 19.1 Å². The van der Waals surface area contributed by atoms with Gasteiger partial charge in [0, 0.05) is 17.3 Å². The van der Waals surface area contributed by atoms with Crippen LogP contribution in [0.5, 0.6) is 0 Å². The smallest absolute Gasteiger partial charge is 0.306 e. The van der Waals surface area contributed by atoms with E-state index in [-0.39, 0.29) is 29.8 Å². The van der Waals surface area contributed by atoms with Crippen molar-refractivity contribution in [1.82, 2.24) is 0 Å². The molecule has 162 valence electrons. The van der Waals surface area contributed by atoms with Gasteiger partial charge in [-0.2, -0.15) is 0 Å². The van der Waals surface area contributed by atoms with E-state index >= 15 is 0 Å². The number of ether oxygens (including phenoxy) is 1. The van der Waals surface area contributed by atoms with Crippen molar-refractivity contribution in [3.63, 3.8) is 0 Å². The lowest BCUT2D eigenvalue weighted by Crippen LogP contribution is -2.58. The second-order valence-corrected chi connectivity index (χ2v) is 9.75. The molecule has 0 aromatic rings. The fraction of sp³-hybridized carbons (Fsp3) is 0.625. The molecule has 4 aliphatic carbocycles. The summed E-state index contributed by atoms with van der Waals surface area (Å²) in [5, 5.41) is 11.4. The highest BCUT2D eigenvalue weighted by molar-refractivity contribution is 6.29. The third-order valence-corrected chi connectivity index (χ3v) is 8.37. The Hall–Kier alpha value is -1.72. The van der Waals surface area contributed by atoms with Crippen LogP contribution in [0.2, 0.25) is 0 Å².